The Labute approximate surface area is 166 Å². The molecule has 0 saturated carbocycles. The minimum absolute atomic E-state index is 0.0161. The monoisotopic (exact) mass is 389 g/mol. The normalized spacial score (nSPS) is 18.8. The molecule has 0 bridgehead atoms. The van der Waals surface area contributed by atoms with E-state index in [1.54, 1.807) is 11.0 Å². The van der Waals surface area contributed by atoms with Crippen LogP contribution in [-0.2, 0) is 4.74 Å². The maximum atomic E-state index is 12.8. The Kier molecular flexibility index (Phi) is 6.70. The van der Waals surface area contributed by atoms with Crippen LogP contribution in [0.5, 0.6) is 0 Å². The minimum Gasteiger partial charge on any atom is -0.450 e. The molecular formula is C20H31N5O3. The summed E-state index contributed by atoms with van der Waals surface area (Å²) in [4.78, 5) is 37.2. The van der Waals surface area contributed by atoms with Gasteiger partial charge in [0.05, 0.1) is 6.61 Å². The van der Waals surface area contributed by atoms with Crippen LogP contribution in [0, 0.1) is 12.8 Å². The Bertz CT molecular complexity index is 695. The summed E-state index contributed by atoms with van der Waals surface area (Å²) in [6, 6.07) is 1.93. The zero-order chi connectivity index (χ0) is 20.1. The first kappa shape index (κ1) is 20.4. The molecule has 28 heavy (non-hydrogen) atoms. The van der Waals surface area contributed by atoms with Crippen molar-refractivity contribution in [3.63, 3.8) is 0 Å². The summed E-state index contributed by atoms with van der Waals surface area (Å²) in [5.41, 5.74) is 1.23. The van der Waals surface area contributed by atoms with E-state index in [2.05, 4.69) is 22.2 Å². The molecule has 0 spiro atoms. The van der Waals surface area contributed by atoms with Crippen molar-refractivity contribution >= 4 is 17.9 Å². The number of carbonyl (C=O) groups is 2. The lowest BCUT2D eigenvalue weighted by atomic mass is 9.99. The summed E-state index contributed by atoms with van der Waals surface area (Å²) < 4.78 is 5.06. The molecule has 3 rings (SSSR count). The third-order valence-corrected chi connectivity index (χ3v) is 5.50. The smallest absolute Gasteiger partial charge is 0.409 e. The van der Waals surface area contributed by atoms with Crippen molar-refractivity contribution in [3.05, 3.63) is 17.5 Å². The lowest BCUT2D eigenvalue weighted by molar-refractivity contribution is 0.0690. The number of hydrogen-bond donors (Lipinski definition) is 1. The molecule has 1 N–H and O–H groups in total. The molecule has 0 aliphatic carbocycles. The van der Waals surface area contributed by atoms with E-state index in [0.29, 0.717) is 37.3 Å². The van der Waals surface area contributed by atoms with E-state index in [0.717, 1.165) is 44.5 Å². The number of anilines is 1. The summed E-state index contributed by atoms with van der Waals surface area (Å²) in [5, 5.41) is 3.35. The average molecular weight is 390 g/mol. The van der Waals surface area contributed by atoms with E-state index in [4.69, 9.17) is 4.74 Å². The highest BCUT2D eigenvalue weighted by Crippen LogP contribution is 2.19. The van der Waals surface area contributed by atoms with Crippen molar-refractivity contribution in [2.24, 2.45) is 5.92 Å². The molecule has 2 saturated heterocycles. The zero-order valence-electron chi connectivity index (χ0n) is 17.1. The number of piperidine rings is 2. The number of likely N-dealkylation sites (tertiary alicyclic amines) is 2. The number of aryl methyl sites for hydroxylation is 1. The Morgan fingerprint density at radius 1 is 1.11 bits per heavy atom. The quantitative estimate of drug-likeness (QED) is 0.852. The van der Waals surface area contributed by atoms with Gasteiger partial charge in [-0.25, -0.2) is 14.8 Å². The summed E-state index contributed by atoms with van der Waals surface area (Å²) >= 11 is 0. The number of hydrogen-bond acceptors (Lipinski definition) is 6. The molecule has 0 aromatic carbocycles. The fourth-order valence-electron chi connectivity index (χ4n) is 3.72. The molecule has 2 aliphatic heterocycles. The third-order valence-electron chi connectivity index (χ3n) is 5.50. The molecule has 2 amide bonds. The maximum absolute atomic E-state index is 12.8. The molecule has 0 unspecified atom stereocenters. The van der Waals surface area contributed by atoms with Gasteiger partial charge in [-0.05, 0) is 51.5 Å². The van der Waals surface area contributed by atoms with Crippen molar-refractivity contribution in [1.82, 2.24) is 19.8 Å². The number of nitrogens with zero attached hydrogens (tertiary/aromatic N) is 4. The fourth-order valence-corrected chi connectivity index (χ4v) is 3.72. The van der Waals surface area contributed by atoms with Gasteiger partial charge in [-0.3, -0.25) is 4.79 Å². The lowest BCUT2D eigenvalue weighted by Gasteiger charge is -2.32. The predicted molar refractivity (Wildman–Crippen MR) is 106 cm³/mol. The van der Waals surface area contributed by atoms with Crippen LogP contribution in [0.25, 0.3) is 0 Å². The molecule has 3 heterocycles. The van der Waals surface area contributed by atoms with E-state index in [9.17, 15) is 9.59 Å². The second kappa shape index (κ2) is 9.21. The van der Waals surface area contributed by atoms with Crippen molar-refractivity contribution in [3.8, 4) is 0 Å². The Hall–Kier alpha value is -2.38. The number of aromatic nitrogens is 2. The van der Waals surface area contributed by atoms with Crippen molar-refractivity contribution < 1.29 is 14.3 Å². The Morgan fingerprint density at radius 3 is 2.39 bits per heavy atom. The molecule has 8 heteroatoms. The maximum Gasteiger partial charge on any atom is 0.409 e. The van der Waals surface area contributed by atoms with Crippen LogP contribution in [0.2, 0.25) is 0 Å². The largest absolute Gasteiger partial charge is 0.450 e. The van der Waals surface area contributed by atoms with E-state index in [1.165, 1.54) is 0 Å². The van der Waals surface area contributed by atoms with E-state index in [1.807, 2.05) is 18.7 Å². The molecule has 1 aromatic rings. The van der Waals surface area contributed by atoms with Crippen LogP contribution in [0.3, 0.4) is 0 Å². The van der Waals surface area contributed by atoms with Gasteiger partial charge in [0.1, 0.15) is 5.69 Å². The molecule has 0 radical (unpaired) electrons. The minimum atomic E-state index is -0.253. The van der Waals surface area contributed by atoms with Crippen LogP contribution >= 0.6 is 0 Å². The van der Waals surface area contributed by atoms with Gasteiger partial charge >= 0.3 is 6.09 Å². The number of ether oxygens (including phenoxy) is 1. The SMILES string of the molecule is CCOC(=O)N1CCC(Nc2nc(C)cc(C(=O)N3CCC(C)CC3)n2)CC1. The number of nitrogens with one attached hydrogen (secondary N) is 1. The highest BCUT2D eigenvalue weighted by Gasteiger charge is 2.26. The standard InChI is InChI=1S/C20H31N5O3/c1-4-28-20(27)25-11-7-16(8-12-25)22-19-21-15(3)13-17(23-19)18(26)24-9-5-14(2)6-10-24/h13-14,16H,4-12H2,1-3H3,(H,21,22,23). The predicted octanol–water partition coefficient (Wildman–Crippen LogP) is 2.69. The fraction of sp³-hybridized carbons (Fsp3) is 0.700. The van der Waals surface area contributed by atoms with Gasteiger partial charge in [0.2, 0.25) is 5.95 Å². The van der Waals surface area contributed by atoms with Gasteiger partial charge in [0.15, 0.2) is 0 Å². The Morgan fingerprint density at radius 2 is 1.75 bits per heavy atom. The summed E-state index contributed by atoms with van der Waals surface area (Å²) in [5.74, 6) is 1.15. The van der Waals surface area contributed by atoms with Crippen molar-refractivity contribution in [2.75, 3.05) is 38.1 Å². The molecule has 1 aromatic heterocycles. The van der Waals surface area contributed by atoms with Gasteiger partial charge in [0.25, 0.3) is 5.91 Å². The number of amides is 2. The van der Waals surface area contributed by atoms with Gasteiger partial charge in [-0.1, -0.05) is 6.92 Å². The molecule has 154 valence electrons. The van der Waals surface area contributed by atoms with Gasteiger partial charge in [-0.2, -0.15) is 0 Å². The van der Waals surface area contributed by atoms with Crippen LogP contribution in [0.4, 0.5) is 10.7 Å². The summed E-state index contributed by atoms with van der Waals surface area (Å²) in [6.07, 6.45) is 3.42. The topological polar surface area (TPSA) is 87.7 Å². The first-order valence-corrected chi connectivity index (χ1v) is 10.3. The third kappa shape index (κ3) is 5.11. The molecule has 2 fully saturated rings. The average Bonchev–Trinajstić information content (AvgIpc) is 2.68. The number of rotatable bonds is 4. The van der Waals surface area contributed by atoms with Crippen LogP contribution < -0.4 is 5.32 Å². The van der Waals surface area contributed by atoms with Crippen molar-refractivity contribution in [2.45, 2.75) is 52.5 Å². The molecular weight excluding hydrogens is 358 g/mol. The van der Waals surface area contributed by atoms with E-state index in [-0.39, 0.29) is 18.0 Å². The second-order valence-corrected chi connectivity index (χ2v) is 7.80. The zero-order valence-corrected chi connectivity index (χ0v) is 17.1. The highest BCUT2D eigenvalue weighted by molar-refractivity contribution is 5.92. The molecule has 8 nitrogen and oxygen atoms in total. The van der Waals surface area contributed by atoms with Crippen molar-refractivity contribution in [1.29, 1.82) is 0 Å². The second-order valence-electron chi connectivity index (χ2n) is 7.80. The molecule has 2 aliphatic rings. The van der Waals surface area contributed by atoms with Gasteiger partial charge in [0, 0.05) is 37.9 Å². The van der Waals surface area contributed by atoms with E-state index >= 15 is 0 Å². The van der Waals surface area contributed by atoms with Crippen LogP contribution in [0.1, 0.15) is 55.7 Å². The lowest BCUT2D eigenvalue weighted by Crippen LogP contribution is -2.43. The van der Waals surface area contributed by atoms with Gasteiger partial charge in [-0.15, -0.1) is 0 Å². The molecule has 0 atom stereocenters. The highest BCUT2D eigenvalue weighted by atomic mass is 16.6. The van der Waals surface area contributed by atoms with E-state index < -0.39 is 0 Å². The summed E-state index contributed by atoms with van der Waals surface area (Å²) in [7, 11) is 0. The van der Waals surface area contributed by atoms with Crippen LogP contribution in [0.15, 0.2) is 6.07 Å². The summed E-state index contributed by atoms with van der Waals surface area (Å²) in [6.45, 7) is 9.17. The van der Waals surface area contributed by atoms with Gasteiger partial charge < -0.3 is 19.9 Å². The first-order chi connectivity index (χ1) is 13.5. The number of carbonyl (C=O) groups excluding carboxylic acids is 2. The first-order valence-electron chi connectivity index (χ1n) is 10.3. The van der Waals surface area contributed by atoms with Crippen LogP contribution in [-0.4, -0.2) is 70.6 Å². The Balaban J connectivity index is 1.59.